The van der Waals surface area contributed by atoms with Crippen molar-refractivity contribution in [2.45, 2.75) is 18.9 Å². The molecule has 1 atom stereocenters. The number of nitrogens with two attached hydrogens (primary N) is 1. The van der Waals surface area contributed by atoms with E-state index in [4.69, 9.17) is 10.8 Å². The third-order valence-electron chi connectivity index (χ3n) is 1.78. The summed E-state index contributed by atoms with van der Waals surface area (Å²) in [5.41, 5.74) is 5.76. The highest BCUT2D eigenvalue weighted by molar-refractivity contribution is 14.1. The van der Waals surface area contributed by atoms with E-state index in [0.717, 1.165) is 9.26 Å². The van der Waals surface area contributed by atoms with Crippen molar-refractivity contribution in [3.8, 4) is 0 Å². The number of halogens is 1. The number of H-pyrrole nitrogens is 1. The largest absolute Gasteiger partial charge is 0.481 e. The van der Waals surface area contributed by atoms with E-state index >= 15 is 0 Å². The second kappa shape index (κ2) is 3.67. The maximum atomic E-state index is 10.5. The summed E-state index contributed by atoms with van der Waals surface area (Å²) in [5, 5.41) is 8.62. The molecule has 0 bridgehead atoms. The van der Waals surface area contributed by atoms with Crippen LogP contribution >= 0.6 is 22.6 Å². The third kappa shape index (κ3) is 2.70. The van der Waals surface area contributed by atoms with Crippen LogP contribution in [0.1, 0.15) is 19.0 Å². The molecule has 0 saturated heterocycles. The Hall–Kier alpha value is -0.560. The Morgan fingerprint density at radius 1 is 1.85 bits per heavy atom. The molecule has 0 amide bonds. The van der Waals surface area contributed by atoms with Gasteiger partial charge in [-0.1, -0.05) is 0 Å². The minimum atomic E-state index is -0.894. The van der Waals surface area contributed by atoms with Crippen LogP contribution in [0.25, 0.3) is 0 Å². The molecule has 4 nitrogen and oxygen atoms in total. The number of aliphatic carboxylic acids is 1. The van der Waals surface area contributed by atoms with Crippen LogP contribution in [0.3, 0.4) is 0 Å². The summed E-state index contributed by atoms with van der Waals surface area (Å²) in [6.45, 7) is 1.70. The molecule has 0 fully saturated rings. The fourth-order valence-electron chi connectivity index (χ4n) is 1.11. The van der Waals surface area contributed by atoms with Gasteiger partial charge in [-0.3, -0.25) is 4.79 Å². The van der Waals surface area contributed by atoms with Crippen molar-refractivity contribution in [2.24, 2.45) is 5.73 Å². The van der Waals surface area contributed by atoms with E-state index in [2.05, 4.69) is 27.6 Å². The third-order valence-corrected chi connectivity index (χ3v) is 2.40. The number of aromatic nitrogens is 1. The van der Waals surface area contributed by atoms with E-state index in [1.165, 1.54) is 0 Å². The van der Waals surface area contributed by atoms with Gasteiger partial charge < -0.3 is 15.8 Å². The Morgan fingerprint density at radius 2 is 2.46 bits per heavy atom. The van der Waals surface area contributed by atoms with Crippen molar-refractivity contribution in [3.05, 3.63) is 21.5 Å². The zero-order valence-corrected chi connectivity index (χ0v) is 9.33. The Kier molecular flexibility index (Phi) is 2.97. The molecule has 0 unspecified atom stereocenters. The van der Waals surface area contributed by atoms with E-state index in [0.29, 0.717) is 0 Å². The molecule has 0 radical (unpaired) electrons. The summed E-state index contributed by atoms with van der Waals surface area (Å²) >= 11 is 2.14. The van der Waals surface area contributed by atoms with E-state index in [1.807, 2.05) is 6.07 Å². The van der Waals surface area contributed by atoms with E-state index in [9.17, 15) is 4.79 Å². The van der Waals surface area contributed by atoms with E-state index < -0.39 is 11.5 Å². The van der Waals surface area contributed by atoms with Gasteiger partial charge in [0.25, 0.3) is 0 Å². The first-order chi connectivity index (χ1) is 5.92. The second-order valence-corrected chi connectivity index (χ2v) is 4.47. The van der Waals surface area contributed by atoms with Gasteiger partial charge in [0.05, 0.1) is 12.0 Å². The van der Waals surface area contributed by atoms with Gasteiger partial charge in [0, 0.05) is 15.5 Å². The van der Waals surface area contributed by atoms with Crippen LogP contribution in [0.4, 0.5) is 0 Å². The van der Waals surface area contributed by atoms with Crippen LogP contribution < -0.4 is 5.73 Å². The summed E-state index contributed by atoms with van der Waals surface area (Å²) in [4.78, 5) is 13.5. The highest BCUT2D eigenvalue weighted by Crippen LogP contribution is 2.21. The zero-order valence-electron chi connectivity index (χ0n) is 7.17. The molecular formula is C8H11IN2O2. The highest BCUT2D eigenvalue weighted by atomic mass is 127. The maximum Gasteiger partial charge on any atom is 0.305 e. The number of carbonyl (C=O) groups is 1. The van der Waals surface area contributed by atoms with Gasteiger partial charge >= 0.3 is 5.97 Å². The predicted molar refractivity (Wildman–Crippen MR) is 57.3 cm³/mol. The average Bonchev–Trinajstić information content (AvgIpc) is 2.32. The number of aromatic amines is 1. The van der Waals surface area contributed by atoms with Crippen LogP contribution in [0.2, 0.25) is 0 Å². The standard InChI is InChI=1S/C8H11IN2O2/c1-8(10,3-7(12)13)6-2-5(9)4-11-6/h2,4,11H,3,10H2,1H3,(H,12,13)/t8-/m1/s1. The van der Waals surface area contributed by atoms with Crippen LogP contribution in [0.5, 0.6) is 0 Å². The predicted octanol–water partition coefficient (Wildman–Crippen LogP) is 1.27. The minimum Gasteiger partial charge on any atom is -0.481 e. The molecule has 1 heterocycles. The van der Waals surface area contributed by atoms with Crippen molar-refractivity contribution in [2.75, 3.05) is 0 Å². The summed E-state index contributed by atoms with van der Waals surface area (Å²) in [6, 6.07) is 1.85. The molecule has 72 valence electrons. The number of hydrogen-bond acceptors (Lipinski definition) is 2. The molecule has 13 heavy (non-hydrogen) atoms. The van der Waals surface area contributed by atoms with Crippen LogP contribution in [0, 0.1) is 3.57 Å². The monoisotopic (exact) mass is 294 g/mol. The smallest absolute Gasteiger partial charge is 0.305 e. The van der Waals surface area contributed by atoms with Crippen LogP contribution in [0.15, 0.2) is 12.3 Å². The summed E-state index contributed by atoms with van der Waals surface area (Å²) < 4.78 is 1.02. The summed E-state index contributed by atoms with van der Waals surface area (Å²) in [5.74, 6) is -0.894. The van der Waals surface area contributed by atoms with Gasteiger partial charge in [-0.15, -0.1) is 0 Å². The molecular weight excluding hydrogens is 283 g/mol. The van der Waals surface area contributed by atoms with Crippen molar-refractivity contribution in [1.82, 2.24) is 4.98 Å². The highest BCUT2D eigenvalue weighted by Gasteiger charge is 2.25. The first-order valence-corrected chi connectivity index (χ1v) is 4.85. The fourth-order valence-corrected chi connectivity index (χ4v) is 1.57. The molecule has 1 aromatic heterocycles. The minimum absolute atomic E-state index is 0.0798. The van der Waals surface area contributed by atoms with Crippen molar-refractivity contribution in [1.29, 1.82) is 0 Å². The lowest BCUT2D eigenvalue weighted by Crippen LogP contribution is -2.35. The summed E-state index contributed by atoms with van der Waals surface area (Å²) in [6.07, 6.45) is 1.71. The number of nitrogens with one attached hydrogen (secondary N) is 1. The molecule has 0 saturated carbocycles. The zero-order chi connectivity index (χ0) is 10.1. The Balaban J connectivity index is 2.86. The molecule has 0 aliphatic heterocycles. The topological polar surface area (TPSA) is 79.1 Å². The first kappa shape index (κ1) is 10.5. The quantitative estimate of drug-likeness (QED) is 0.734. The van der Waals surface area contributed by atoms with Crippen LogP contribution in [-0.4, -0.2) is 16.1 Å². The molecule has 1 aromatic rings. The van der Waals surface area contributed by atoms with Gasteiger partial charge in [-0.05, 0) is 35.6 Å². The van der Waals surface area contributed by atoms with Gasteiger partial charge in [0.1, 0.15) is 0 Å². The van der Waals surface area contributed by atoms with Gasteiger partial charge in [-0.25, -0.2) is 0 Å². The second-order valence-electron chi connectivity index (χ2n) is 3.22. The molecule has 0 aliphatic rings. The Morgan fingerprint density at radius 3 is 2.85 bits per heavy atom. The molecule has 4 N–H and O–H groups in total. The Bertz CT molecular complexity index is 320. The first-order valence-electron chi connectivity index (χ1n) is 3.77. The van der Waals surface area contributed by atoms with E-state index in [-0.39, 0.29) is 6.42 Å². The van der Waals surface area contributed by atoms with Crippen molar-refractivity contribution in [3.63, 3.8) is 0 Å². The van der Waals surface area contributed by atoms with Gasteiger partial charge in [0.15, 0.2) is 0 Å². The average molecular weight is 294 g/mol. The van der Waals surface area contributed by atoms with Crippen molar-refractivity contribution >= 4 is 28.6 Å². The molecule has 1 rings (SSSR count). The summed E-state index contributed by atoms with van der Waals surface area (Å²) in [7, 11) is 0. The van der Waals surface area contributed by atoms with E-state index in [1.54, 1.807) is 13.1 Å². The normalized spacial score (nSPS) is 15.3. The number of rotatable bonds is 3. The number of hydrogen-bond donors (Lipinski definition) is 3. The lowest BCUT2D eigenvalue weighted by Gasteiger charge is -2.20. The maximum absolute atomic E-state index is 10.5. The molecule has 0 aliphatic carbocycles. The molecule has 0 aromatic carbocycles. The number of carboxylic acids is 1. The fraction of sp³-hybridized carbons (Fsp3) is 0.375. The SMILES string of the molecule is C[C@@](N)(CC(=O)O)c1cc(I)c[nH]1. The van der Waals surface area contributed by atoms with Gasteiger partial charge in [0.2, 0.25) is 0 Å². The number of carboxylic acid groups (broad SMARTS) is 1. The molecule has 0 spiro atoms. The van der Waals surface area contributed by atoms with Crippen LogP contribution in [-0.2, 0) is 10.3 Å². The van der Waals surface area contributed by atoms with Gasteiger partial charge in [-0.2, -0.15) is 0 Å². The Labute approximate surface area is 89.7 Å². The lowest BCUT2D eigenvalue weighted by atomic mass is 9.95. The molecule has 5 heteroatoms. The van der Waals surface area contributed by atoms with Crippen molar-refractivity contribution < 1.29 is 9.90 Å². The lowest BCUT2D eigenvalue weighted by molar-refractivity contribution is -0.138.